The van der Waals surface area contributed by atoms with Gasteiger partial charge in [0.2, 0.25) is 5.91 Å². The number of pyridine rings is 1. The van der Waals surface area contributed by atoms with E-state index in [-0.39, 0.29) is 11.8 Å². The molecule has 2 aliphatic rings. The van der Waals surface area contributed by atoms with Gasteiger partial charge in [-0.1, -0.05) is 6.07 Å². The molecule has 0 radical (unpaired) electrons. The standard InChI is InChI=1S/C22H26N6O/c29-22(25-14-16-5-3-9-23-13-16)17-6-4-11-27(15-17)21-20-18-7-1-2-8-19(18)26-28(20)12-10-24-21/h3,5,9-10,12-13,17H,1-2,4,6-8,11,14-15H2,(H,25,29)/t17-/m1/s1. The van der Waals surface area contributed by atoms with E-state index < -0.39 is 0 Å². The molecule has 4 heterocycles. The first-order chi connectivity index (χ1) is 14.3. The Labute approximate surface area is 170 Å². The topological polar surface area (TPSA) is 75.4 Å². The van der Waals surface area contributed by atoms with Crippen LogP contribution in [0.1, 0.15) is 42.5 Å². The molecule has 1 fully saturated rings. The summed E-state index contributed by atoms with van der Waals surface area (Å²) in [5, 5.41) is 7.87. The van der Waals surface area contributed by atoms with Crippen molar-refractivity contribution in [3.05, 3.63) is 53.7 Å². The summed E-state index contributed by atoms with van der Waals surface area (Å²) in [6.45, 7) is 2.15. The predicted molar refractivity (Wildman–Crippen MR) is 111 cm³/mol. The Morgan fingerprint density at radius 2 is 2.14 bits per heavy atom. The molecule has 7 heteroatoms. The van der Waals surface area contributed by atoms with E-state index in [9.17, 15) is 4.79 Å². The fraction of sp³-hybridized carbons (Fsp3) is 0.455. The van der Waals surface area contributed by atoms with Crippen molar-refractivity contribution in [3.63, 3.8) is 0 Å². The van der Waals surface area contributed by atoms with Crippen LogP contribution in [0.5, 0.6) is 0 Å². The zero-order valence-electron chi connectivity index (χ0n) is 16.5. The minimum absolute atomic E-state index is 0.0266. The summed E-state index contributed by atoms with van der Waals surface area (Å²) in [7, 11) is 0. The van der Waals surface area contributed by atoms with Crippen LogP contribution >= 0.6 is 0 Å². The van der Waals surface area contributed by atoms with Crippen molar-refractivity contribution in [1.82, 2.24) is 24.9 Å². The fourth-order valence-corrected chi connectivity index (χ4v) is 4.60. The lowest BCUT2D eigenvalue weighted by Crippen LogP contribution is -2.43. The molecule has 1 aliphatic heterocycles. The second kappa shape index (κ2) is 7.81. The number of aryl methyl sites for hydroxylation is 2. The van der Waals surface area contributed by atoms with E-state index in [2.05, 4.69) is 15.2 Å². The summed E-state index contributed by atoms with van der Waals surface area (Å²) in [6.07, 6.45) is 13.8. The van der Waals surface area contributed by atoms with Crippen LogP contribution in [0.3, 0.4) is 0 Å². The molecule has 0 aromatic carbocycles. The number of nitrogens with zero attached hydrogens (tertiary/aromatic N) is 5. The molecule has 150 valence electrons. The third-order valence-electron chi connectivity index (χ3n) is 6.08. The molecule has 1 aliphatic carbocycles. The van der Waals surface area contributed by atoms with Gasteiger partial charge in [-0.25, -0.2) is 9.50 Å². The van der Waals surface area contributed by atoms with Gasteiger partial charge in [0.1, 0.15) is 5.52 Å². The van der Waals surface area contributed by atoms with Gasteiger partial charge in [-0.15, -0.1) is 0 Å². The van der Waals surface area contributed by atoms with E-state index in [0.29, 0.717) is 13.1 Å². The molecule has 1 amide bonds. The summed E-state index contributed by atoms with van der Waals surface area (Å²) < 4.78 is 1.99. The highest BCUT2D eigenvalue weighted by Crippen LogP contribution is 2.32. The number of carbonyl (C=O) groups is 1. The van der Waals surface area contributed by atoms with Crippen LogP contribution in [0.2, 0.25) is 0 Å². The van der Waals surface area contributed by atoms with Crippen LogP contribution in [0.15, 0.2) is 36.9 Å². The summed E-state index contributed by atoms with van der Waals surface area (Å²) in [5.74, 6) is 1.06. The number of amides is 1. The molecule has 3 aromatic rings. The van der Waals surface area contributed by atoms with E-state index in [0.717, 1.165) is 49.1 Å². The summed E-state index contributed by atoms with van der Waals surface area (Å²) in [5.41, 5.74) is 4.72. The maximum Gasteiger partial charge on any atom is 0.225 e. The number of rotatable bonds is 4. The van der Waals surface area contributed by atoms with Crippen molar-refractivity contribution in [3.8, 4) is 0 Å². The number of nitrogens with one attached hydrogen (secondary N) is 1. The second-order valence-electron chi connectivity index (χ2n) is 8.04. The first kappa shape index (κ1) is 18.1. The normalized spacial score (nSPS) is 19.2. The van der Waals surface area contributed by atoms with Crippen LogP contribution in [0.4, 0.5) is 5.82 Å². The Hall–Kier alpha value is -2.96. The van der Waals surface area contributed by atoms with E-state index in [1.54, 1.807) is 12.4 Å². The molecule has 0 unspecified atom stereocenters. The molecule has 0 bridgehead atoms. The Morgan fingerprint density at radius 3 is 3.03 bits per heavy atom. The van der Waals surface area contributed by atoms with Crippen molar-refractivity contribution in [2.24, 2.45) is 5.92 Å². The lowest BCUT2D eigenvalue weighted by Gasteiger charge is -2.33. The first-order valence-electron chi connectivity index (χ1n) is 10.6. The number of hydrogen-bond acceptors (Lipinski definition) is 5. The maximum atomic E-state index is 12.8. The largest absolute Gasteiger partial charge is 0.354 e. The average molecular weight is 390 g/mol. The third kappa shape index (κ3) is 3.57. The molecule has 3 aromatic heterocycles. The zero-order chi connectivity index (χ0) is 19.6. The minimum Gasteiger partial charge on any atom is -0.354 e. The molecule has 7 nitrogen and oxygen atoms in total. The molecule has 1 N–H and O–H groups in total. The fourth-order valence-electron chi connectivity index (χ4n) is 4.60. The smallest absolute Gasteiger partial charge is 0.225 e. The van der Waals surface area contributed by atoms with E-state index in [4.69, 9.17) is 10.1 Å². The first-order valence-corrected chi connectivity index (χ1v) is 10.6. The van der Waals surface area contributed by atoms with Crippen LogP contribution in [0, 0.1) is 5.92 Å². The van der Waals surface area contributed by atoms with E-state index >= 15 is 0 Å². The van der Waals surface area contributed by atoms with Gasteiger partial charge < -0.3 is 10.2 Å². The molecule has 1 saturated heterocycles. The van der Waals surface area contributed by atoms with Gasteiger partial charge in [-0.2, -0.15) is 5.10 Å². The Morgan fingerprint density at radius 1 is 1.21 bits per heavy atom. The Bertz CT molecular complexity index is 1010. The SMILES string of the molecule is O=C(NCc1cccnc1)[C@@H]1CCCN(c2nccn3nc4c(c23)CCCC4)C1. The maximum absolute atomic E-state index is 12.8. The van der Waals surface area contributed by atoms with Crippen molar-refractivity contribution < 1.29 is 4.79 Å². The van der Waals surface area contributed by atoms with Crippen LogP contribution in [-0.2, 0) is 24.2 Å². The van der Waals surface area contributed by atoms with E-state index in [1.807, 2.05) is 29.0 Å². The van der Waals surface area contributed by atoms with Gasteiger partial charge in [0.05, 0.1) is 11.6 Å². The average Bonchev–Trinajstić information content (AvgIpc) is 3.17. The number of hydrogen-bond donors (Lipinski definition) is 1. The molecular formula is C22H26N6O. The van der Waals surface area contributed by atoms with Crippen LogP contribution in [-0.4, -0.2) is 38.6 Å². The molecule has 0 saturated carbocycles. The highest BCUT2D eigenvalue weighted by molar-refractivity contribution is 5.80. The number of fused-ring (bicyclic) bond motifs is 3. The number of anilines is 1. The van der Waals surface area contributed by atoms with Crippen LogP contribution < -0.4 is 10.2 Å². The van der Waals surface area contributed by atoms with Crippen molar-refractivity contribution in [2.45, 2.75) is 45.1 Å². The summed E-state index contributed by atoms with van der Waals surface area (Å²) in [4.78, 5) is 23.9. The van der Waals surface area contributed by atoms with Crippen molar-refractivity contribution >= 4 is 17.2 Å². The van der Waals surface area contributed by atoms with Gasteiger partial charge in [0, 0.05) is 50.0 Å². The van der Waals surface area contributed by atoms with E-state index in [1.165, 1.54) is 24.1 Å². The second-order valence-corrected chi connectivity index (χ2v) is 8.04. The van der Waals surface area contributed by atoms with Gasteiger partial charge in [-0.3, -0.25) is 9.78 Å². The monoisotopic (exact) mass is 390 g/mol. The minimum atomic E-state index is -0.0266. The Kier molecular flexibility index (Phi) is 4.87. The van der Waals surface area contributed by atoms with Crippen molar-refractivity contribution in [2.75, 3.05) is 18.0 Å². The number of carbonyl (C=O) groups excluding carboxylic acids is 1. The number of piperidine rings is 1. The molecule has 5 rings (SSSR count). The third-order valence-corrected chi connectivity index (χ3v) is 6.08. The molecule has 0 spiro atoms. The van der Waals surface area contributed by atoms with Crippen LogP contribution in [0.25, 0.3) is 5.52 Å². The lowest BCUT2D eigenvalue weighted by atomic mass is 9.95. The number of aromatic nitrogens is 4. The quantitative estimate of drug-likeness (QED) is 0.741. The van der Waals surface area contributed by atoms with Gasteiger partial charge in [0.15, 0.2) is 5.82 Å². The Balaban J connectivity index is 1.34. The zero-order valence-corrected chi connectivity index (χ0v) is 16.5. The highest BCUT2D eigenvalue weighted by atomic mass is 16.1. The summed E-state index contributed by atoms with van der Waals surface area (Å²) >= 11 is 0. The molecule has 29 heavy (non-hydrogen) atoms. The van der Waals surface area contributed by atoms with Gasteiger partial charge >= 0.3 is 0 Å². The molecule has 1 atom stereocenters. The molecular weight excluding hydrogens is 364 g/mol. The summed E-state index contributed by atoms with van der Waals surface area (Å²) in [6, 6.07) is 3.87. The lowest BCUT2D eigenvalue weighted by molar-refractivity contribution is -0.125. The van der Waals surface area contributed by atoms with Crippen molar-refractivity contribution in [1.29, 1.82) is 0 Å². The van der Waals surface area contributed by atoms with Gasteiger partial charge in [-0.05, 0) is 50.2 Å². The predicted octanol–water partition coefficient (Wildman–Crippen LogP) is 2.54. The highest BCUT2D eigenvalue weighted by Gasteiger charge is 2.29. The van der Waals surface area contributed by atoms with Gasteiger partial charge in [0.25, 0.3) is 0 Å².